The van der Waals surface area contributed by atoms with Crippen LogP contribution >= 0.6 is 0 Å². The molecule has 3 aliphatic rings. The zero-order valence-corrected chi connectivity index (χ0v) is 22.5. The topological polar surface area (TPSA) is 213 Å². The normalized spacial score (nSPS) is 25.8. The molecule has 14 heteroatoms. The van der Waals surface area contributed by atoms with Crippen LogP contribution in [0.25, 0.3) is 0 Å². The molecular weight excluding hydrogens is 544 g/mol. The van der Waals surface area contributed by atoms with Crippen LogP contribution in [0.4, 0.5) is 11.4 Å². The lowest BCUT2D eigenvalue weighted by Gasteiger charge is -2.40. The largest absolute Gasteiger partial charge is 0.481 e. The summed E-state index contributed by atoms with van der Waals surface area (Å²) in [4.78, 5) is 70.7. The van der Waals surface area contributed by atoms with Crippen molar-refractivity contribution in [3.05, 3.63) is 66.8 Å². The van der Waals surface area contributed by atoms with E-state index in [2.05, 4.69) is 0 Å². The van der Waals surface area contributed by atoms with Gasteiger partial charge in [0.15, 0.2) is 5.78 Å². The first kappa shape index (κ1) is 29.5. The second-order valence-electron chi connectivity index (χ2n) is 11.0. The molecule has 3 atom stereocenters. The van der Waals surface area contributed by atoms with Crippen molar-refractivity contribution in [3.8, 4) is 0 Å². The quantitative estimate of drug-likeness (QED) is 0.235. The minimum Gasteiger partial charge on any atom is -0.481 e. The predicted octanol–water partition coefficient (Wildman–Crippen LogP) is 3.20. The van der Waals surface area contributed by atoms with Gasteiger partial charge in [0.1, 0.15) is 18.3 Å². The molecule has 0 heterocycles. The number of rotatable bonds is 10. The minimum atomic E-state index is -1.72. The number of aliphatic carboxylic acids is 1. The molecule has 0 bridgehead atoms. The van der Waals surface area contributed by atoms with Gasteiger partial charge in [-0.2, -0.15) is 0 Å². The van der Waals surface area contributed by atoms with Crippen LogP contribution in [0.5, 0.6) is 0 Å². The Bertz CT molecular complexity index is 1420. The number of carboxylic acids is 1. The number of carboxylic acid groups (broad SMARTS) is 1. The van der Waals surface area contributed by atoms with Gasteiger partial charge in [0.25, 0.3) is 11.4 Å². The molecule has 1 fully saturated rings. The lowest BCUT2D eigenvalue weighted by atomic mass is 9.67. The number of carbonyl (C=O) groups excluding carboxylic acids is 3. The van der Waals surface area contributed by atoms with Gasteiger partial charge in [0.05, 0.1) is 26.9 Å². The molecule has 2 unspecified atom stereocenters. The highest BCUT2D eigenvalue weighted by atomic mass is 16.6. The number of aliphatic hydroxyl groups is 1. The van der Waals surface area contributed by atoms with E-state index in [0.29, 0.717) is 30.1 Å². The molecule has 218 valence electrons. The molecule has 1 saturated carbocycles. The molecule has 4 rings (SSSR count). The molecule has 0 saturated heterocycles. The van der Waals surface area contributed by atoms with Crippen molar-refractivity contribution >= 4 is 35.1 Å². The van der Waals surface area contributed by atoms with Gasteiger partial charge in [-0.25, -0.2) is 4.79 Å². The first-order valence-electron chi connectivity index (χ1n) is 12.8. The fourth-order valence-electron chi connectivity index (χ4n) is 5.74. The maximum Gasteiger partial charge on any atom is 0.338 e. The summed E-state index contributed by atoms with van der Waals surface area (Å²) in [6, 6.07) is 2.36. The van der Waals surface area contributed by atoms with E-state index >= 15 is 0 Å². The molecule has 0 aliphatic heterocycles. The van der Waals surface area contributed by atoms with E-state index < -0.39 is 79.6 Å². The number of ether oxygens (including phenoxy) is 2. The van der Waals surface area contributed by atoms with Gasteiger partial charge in [-0.3, -0.25) is 34.6 Å². The highest BCUT2D eigenvalue weighted by molar-refractivity contribution is 6.09. The van der Waals surface area contributed by atoms with Gasteiger partial charge in [0.2, 0.25) is 0 Å². The zero-order valence-electron chi connectivity index (χ0n) is 22.5. The number of hydrogen-bond acceptors (Lipinski definition) is 11. The second-order valence-corrected chi connectivity index (χ2v) is 11.0. The highest BCUT2D eigenvalue weighted by Gasteiger charge is 2.67. The van der Waals surface area contributed by atoms with Gasteiger partial charge in [0, 0.05) is 41.5 Å². The summed E-state index contributed by atoms with van der Waals surface area (Å²) in [5.74, 6) is -3.53. The summed E-state index contributed by atoms with van der Waals surface area (Å²) in [5, 5.41) is 42.5. The van der Waals surface area contributed by atoms with Crippen LogP contribution in [0.2, 0.25) is 0 Å². The van der Waals surface area contributed by atoms with Crippen LogP contribution < -0.4 is 0 Å². The van der Waals surface area contributed by atoms with Gasteiger partial charge < -0.3 is 19.7 Å². The average molecular weight is 573 g/mol. The van der Waals surface area contributed by atoms with Crippen molar-refractivity contribution < 1.29 is 48.7 Å². The average Bonchev–Trinajstić information content (AvgIpc) is 3.66. The smallest absolute Gasteiger partial charge is 0.338 e. The van der Waals surface area contributed by atoms with E-state index in [1.165, 1.54) is 13.0 Å². The van der Waals surface area contributed by atoms with Crippen LogP contribution in [0.15, 0.2) is 41.0 Å². The van der Waals surface area contributed by atoms with E-state index in [4.69, 9.17) is 14.6 Å². The maximum absolute atomic E-state index is 13.5. The fraction of sp³-hybridized carbons (Fsp3) is 0.481. The van der Waals surface area contributed by atoms with Crippen LogP contribution in [0.1, 0.15) is 63.2 Å². The minimum absolute atomic E-state index is 0.00798. The number of hydrogen-bond donors (Lipinski definition) is 2. The number of Topliss-reactive ketones (excluding diaryl/α,β-unsaturated/α-hetero) is 1. The number of esters is 2. The Morgan fingerprint density at radius 2 is 1.63 bits per heavy atom. The third kappa shape index (κ3) is 5.10. The molecule has 0 radical (unpaired) electrons. The Balaban J connectivity index is 1.67. The number of nitro benzene ring substituents is 2. The molecule has 2 N–H and O–H groups in total. The summed E-state index contributed by atoms with van der Waals surface area (Å²) in [7, 11) is 0. The van der Waals surface area contributed by atoms with Crippen molar-refractivity contribution in [2.75, 3.05) is 6.61 Å². The Hall–Kier alpha value is -4.46. The molecule has 1 aromatic carbocycles. The Labute approximate surface area is 232 Å². The van der Waals surface area contributed by atoms with E-state index in [0.717, 1.165) is 12.1 Å². The summed E-state index contributed by atoms with van der Waals surface area (Å²) < 4.78 is 11.2. The number of nitrogens with zero attached hydrogens (tertiary/aromatic N) is 2. The zero-order chi connectivity index (χ0) is 30.5. The molecule has 0 aromatic heterocycles. The monoisotopic (exact) mass is 572 g/mol. The number of nitro groups is 2. The van der Waals surface area contributed by atoms with Gasteiger partial charge in [-0.05, 0) is 40.0 Å². The predicted molar refractivity (Wildman–Crippen MR) is 138 cm³/mol. The van der Waals surface area contributed by atoms with E-state index in [1.807, 2.05) is 0 Å². The molecular formula is C27H28N2O12. The third-order valence-electron chi connectivity index (χ3n) is 8.21. The molecule has 14 nitrogen and oxygen atoms in total. The number of carbonyl (C=O) groups is 4. The highest BCUT2D eigenvalue weighted by Crippen LogP contribution is 2.65. The standard InChI is InChI=1S/C27H28N2O12/c1-14-21-18(22(33)26(3,35)27(14)7-8-27)12-25(2,23(21)41-20(32)6-4-5-19(30)31)13-40-24(34)15-9-16(28(36)37)11-17(10-15)29(38)39/h9-12,23,35H,4-8,13H2,1-3H3,(H,30,31)/t23?,25-,26?/m0/s1. The first-order chi connectivity index (χ1) is 19.0. The summed E-state index contributed by atoms with van der Waals surface area (Å²) in [6.45, 7) is 4.22. The molecule has 0 amide bonds. The van der Waals surface area contributed by atoms with Gasteiger partial charge in [-0.1, -0.05) is 11.6 Å². The van der Waals surface area contributed by atoms with Crippen LogP contribution in [0.3, 0.4) is 0 Å². The fourth-order valence-corrected chi connectivity index (χ4v) is 5.74. The van der Waals surface area contributed by atoms with Crippen molar-refractivity contribution in [1.29, 1.82) is 0 Å². The van der Waals surface area contributed by atoms with Crippen LogP contribution in [-0.4, -0.2) is 62.1 Å². The third-order valence-corrected chi connectivity index (χ3v) is 8.21. The van der Waals surface area contributed by atoms with Crippen LogP contribution in [-0.2, 0) is 23.9 Å². The van der Waals surface area contributed by atoms with Crippen molar-refractivity contribution in [2.24, 2.45) is 10.8 Å². The number of ketones is 1. The Morgan fingerprint density at radius 3 is 2.15 bits per heavy atom. The number of benzene rings is 1. The van der Waals surface area contributed by atoms with E-state index in [-0.39, 0.29) is 24.8 Å². The Morgan fingerprint density at radius 1 is 1.05 bits per heavy atom. The van der Waals surface area contributed by atoms with Gasteiger partial charge in [-0.15, -0.1) is 0 Å². The number of non-ortho nitro benzene ring substituents is 2. The summed E-state index contributed by atoms with van der Waals surface area (Å²) >= 11 is 0. The van der Waals surface area contributed by atoms with Crippen molar-refractivity contribution in [2.45, 2.75) is 64.6 Å². The lowest BCUT2D eigenvalue weighted by Crippen LogP contribution is -2.50. The molecule has 41 heavy (non-hydrogen) atoms. The maximum atomic E-state index is 13.5. The van der Waals surface area contributed by atoms with Crippen molar-refractivity contribution in [1.82, 2.24) is 0 Å². The second kappa shape index (κ2) is 10.2. The number of fused-ring (bicyclic) bond motifs is 1. The molecule has 1 spiro atoms. The Kier molecular flexibility index (Phi) is 7.33. The van der Waals surface area contributed by atoms with E-state index in [9.17, 15) is 44.5 Å². The van der Waals surface area contributed by atoms with Crippen molar-refractivity contribution in [3.63, 3.8) is 0 Å². The van der Waals surface area contributed by atoms with E-state index in [1.54, 1.807) is 13.8 Å². The lowest BCUT2D eigenvalue weighted by molar-refractivity contribution is -0.394. The SMILES string of the molecule is CC1=C2C(=C[C@@](C)(COC(=O)c3cc([N+](=O)[O-])cc([N+](=O)[O-])c3)C2OC(=O)CCCC(=O)O)C(=O)C(C)(O)C12CC2. The van der Waals surface area contributed by atoms with Crippen LogP contribution in [0, 0.1) is 31.1 Å². The summed E-state index contributed by atoms with van der Waals surface area (Å²) in [6.07, 6.45) is 0.897. The first-order valence-corrected chi connectivity index (χ1v) is 12.8. The van der Waals surface area contributed by atoms with Gasteiger partial charge >= 0.3 is 17.9 Å². The molecule has 3 aliphatic carbocycles. The molecule has 1 aromatic rings. The summed E-state index contributed by atoms with van der Waals surface area (Å²) in [5.41, 5.74) is -4.59.